The van der Waals surface area contributed by atoms with Crippen LogP contribution in [0, 0.1) is 50.7 Å². The van der Waals surface area contributed by atoms with E-state index in [4.69, 9.17) is 9.47 Å². The second-order valence-corrected chi connectivity index (χ2v) is 17.9. The molecule has 5 aliphatic rings. The molecule has 242 valence electrons. The molecule has 6 nitrogen and oxygen atoms in total. The molecule has 0 spiro atoms. The van der Waals surface area contributed by atoms with Crippen LogP contribution in [-0.4, -0.2) is 62.6 Å². The molecule has 43 heavy (non-hydrogen) atoms. The summed E-state index contributed by atoms with van der Waals surface area (Å²) in [6.07, 6.45) is 8.35. The Kier molecular flexibility index (Phi) is 7.92. The van der Waals surface area contributed by atoms with Crippen LogP contribution < -0.4 is 0 Å². The fourth-order valence-electron chi connectivity index (χ4n) is 11.8. The van der Waals surface area contributed by atoms with Gasteiger partial charge in [0.2, 0.25) is 0 Å². The Hall–Kier alpha value is -1.69. The van der Waals surface area contributed by atoms with Crippen molar-refractivity contribution in [1.29, 1.82) is 0 Å². The van der Waals surface area contributed by atoms with E-state index in [1.54, 1.807) is 6.92 Å². The van der Waals surface area contributed by atoms with Gasteiger partial charge in [0.25, 0.3) is 0 Å². The summed E-state index contributed by atoms with van der Waals surface area (Å²) in [6.45, 7) is 19.2. The Morgan fingerprint density at radius 1 is 0.884 bits per heavy atom. The second-order valence-electron chi connectivity index (χ2n) is 17.9. The number of allylic oxidation sites excluding steroid dienone is 1. The minimum absolute atomic E-state index is 0.00689. The highest BCUT2D eigenvalue weighted by Gasteiger charge is 2.71. The van der Waals surface area contributed by atoms with Crippen molar-refractivity contribution in [3.8, 4) is 0 Å². The number of nitrogens with zero attached hydrogens (tertiary/aromatic N) is 1. The smallest absolute Gasteiger partial charge is 0.316 e. The van der Waals surface area contributed by atoms with Crippen LogP contribution in [0.5, 0.6) is 0 Å². The SMILES string of the molecule is CC(=O)OC1CCC2(C)C(CCC3(C)C2CCC2C4=C(C(C)C)C(=O)CC4(C(=O)OCC[N+](C)(C)C)CCC23C)C1(C)C. The topological polar surface area (TPSA) is 69.7 Å². The van der Waals surface area contributed by atoms with Gasteiger partial charge in [0.05, 0.1) is 26.6 Å². The third kappa shape index (κ3) is 4.77. The molecule has 0 saturated heterocycles. The molecule has 4 fully saturated rings. The van der Waals surface area contributed by atoms with E-state index in [0.717, 1.165) is 61.5 Å². The van der Waals surface area contributed by atoms with E-state index in [0.29, 0.717) is 24.9 Å². The van der Waals surface area contributed by atoms with Crippen LogP contribution in [0.15, 0.2) is 11.1 Å². The zero-order valence-electron chi connectivity index (χ0n) is 29.2. The van der Waals surface area contributed by atoms with Crippen molar-refractivity contribution in [2.24, 2.45) is 50.7 Å². The fourth-order valence-corrected chi connectivity index (χ4v) is 11.8. The number of carbonyl (C=O) groups is 3. The van der Waals surface area contributed by atoms with E-state index >= 15 is 0 Å². The van der Waals surface area contributed by atoms with E-state index in [1.165, 1.54) is 5.57 Å². The van der Waals surface area contributed by atoms with Crippen LogP contribution in [0.2, 0.25) is 0 Å². The highest BCUT2D eigenvalue weighted by Crippen LogP contribution is 2.76. The van der Waals surface area contributed by atoms with Crippen LogP contribution in [0.25, 0.3) is 0 Å². The number of esters is 2. The van der Waals surface area contributed by atoms with Gasteiger partial charge in [-0.3, -0.25) is 14.4 Å². The van der Waals surface area contributed by atoms with Gasteiger partial charge in [0.15, 0.2) is 5.78 Å². The molecule has 4 saturated carbocycles. The van der Waals surface area contributed by atoms with Crippen molar-refractivity contribution in [3.05, 3.63) is 11.1 Å². The molecule has 0 aliphatic heterocycles. The summed E-state index contributed by atoms with van der Waals surface area (Å²) in [6, 6.07) is 0. The van der Waals surface area contributed by atoms with Gasteiger partial charge in [-0.25, -0.2) is 0 Å². The van der Waals surface area contributed by atoms with Crippen LogP contribution in [0.4, 0.5) is 0 Å². The van der Waals surface area contributed by atoms with Crippen LogP contribution in [0.3, 0.4) is 0 Å². The Morgan fingerprint density at radius 2 is 1.56 bits per heavy atom. The summed E-state index contributed by atoms with van der Waals surface area (Å²) in [5.74, 6) is 1.22. The average Bonchev–Trinajstić information content (AvgIpc) is 3.18. The maximum Gasteiger partial charge on any atom is 0.316 e. The maximum atomic E-state index is 14.1. The summed E-state index contributed by atoms with van der Waals surface area (Å²) in [5, 5.41) is 0. The molecule has 0 amide bonds. The molecule has 0 N–H and O–H groups in total. The van der Waals surface area contributed by atoms with E-state index in [2.05, 4.69) is 69.6 Å². The largest absolute Gasteiger partial charge is 0.462 e. The lowest BCUT2D eigenvalue weighted by Crippen LogP contribution is -2.66. The van der Waals surface area contributed by atoms with Crippen molar-refractivity contribution in [2.75, 3.05) is 34.3 Å². The highest BCUT2D eigenvalue weighted by molar-refractivity contribution is 6.06. The van der Waals surface area contributed by atoms with E-state index in [-0.39, 0.29) is 63.7 Å². The first-order valence-corrected chi connectivity index (χ1v) is 17.2. The second kappa shape index (κ2) is 10.4. The van der Waals surface area contributed by atoms with E-state index < -0.39 is 5.41 Å². The summed E-state index contributed by atoms with van der Waals surface area (Å²) >= 11 is 0. The zero-order chi connectivity index (χ0) is 32.0. The van der Waals surface area contributed by atoms with Gasteiger partial charge in [0.1, 0.15) is 19.3 Å². The average molecular weight is 599 g/mol. The molecule has 8 unspecified atom stereocenters. The molecule has 6 heteroatoms. The normalized spacial score (nSPS) is 42.1. The van der Waals surface area contributed by atoms with Crippen molar-refractivity contribution in [1.82, 2.24) is 0 Å². The third-order valence-corrected chi connectivity index (χ3v) is 14.1. The molecule has 0 aromatic carbocycles. The number of likely N-dealkylation sites (N-methyl/N-ethyl adjacent to an activating group) is 1. The Morgan fingerprint density at radius 3 is 2.16 bits per heavy atom. The van der Waals surface area contributed by atoms with Gasteiger partial charge < -0.3 is 14.0 Å². The van der Waals surface area contributed by atoms with Gasteiger partial charge in [-0.05, 0) is 102 Å². The number of fused-ring (bicyclic) bond motifs is 7. The zero-order valence-corrected chi connectivity index (χ0v) is 29.2. The van der Waals surface area contributed by atoms with E-state index in [1.807, 2.05) is 0 Å². The van der Waals surface area contributed by atoms with Crippen molar-refractivity contribution in [3.63, 3.8) is 0 Å². The van der Waals surface area contributed by atoms with Crippen LogP contribution in [-0.2, 0) is 23.9 Å². The molecular formula is C37H60NO5+. The molecular weight excluding hydrogens is 538 g/mol. The monoisotopic (exact) mass is 598 g/mol. The van der Waals surface area contributed by atoms with Gasteiger partial charge in [-0.15, -0.1) is 0 Å². The first kappa shape index (κ1) is 32.7. The summed E-state index contributed by atoms with van der Waals surface area (Å²) in [5.41, 5.74) is 1.52. The number of hydrogen-bond donors (Lipinski definition) is 0. The number of Topliss-reactive ketones (excluding diaryl/α,β-unsaturated/α-hetero) is 1. The first-order valence-electron chi connectivity index (χ1n) is 17.2. The number of rotatable bonds is 6. The predicted molar refractivity (Wildman–Crippen MR) is 169 cm³/mol. The number of quaternary nitrogens is 1. The quantitative estimate of drug-likeness (QED) is 0.240. The molecule has 0 aromatic heterocycles. The molecule has 0 aromatic rings. The lowest BCUT2D eigenvalue weighted by atomic mass is 9.33. The Balaban J connectivity index is 1.51. The fraction of sp³-hybridized carbons (Fsp3) is 0.865. The van der Waals surface area contributed by atoms with Gasteiger partial charge in [-0.1, -0.05) is 48.5 Å². The third-order valence-electron chi connectivity index (χ3n) is 14.1. The summed E-state index contributed by atoms with van der Waals surface area (Å²) < 4.78 is 12.7. The first-order chi connectivity index (χ1) is 19.7. The minimum atomic E-state index is -0.792. The predicted octanol–water partition coefficient (Wildman–Crippen LogP) is 7.15. The standard InChI is InChI=1S/C37H60NO5/c1-23(2)30-26(40)22-37(32(41)42-21-20-38(9,10)11)19-18-35(7)25(31(30)37)12-13-28-34(6)16-15-29(43-24(3)39)33(4,5)27(34)14-17-36(28,35)8/h23,25,27-29H,12-22H2,1-11H3/q+1. The van der Waals surface area contributed by atoms with Crippen LogP contribution >= 0.6 is 0 Å². The van der Waals surface area contributed by atoms with Crippen molar-refractivity contribution >= 4 is 17.7 Å². The van der Waals surface area contributed by atoms with Gasteiger partial charge >= 0.3 is 11.9 Å². The molecule has 8 atom stereocenters. The molecule has 0 bridgehead atoms. The molecule has 0 heterocycles. The number of ether oxygens (including phenoxy) is 2. The Bertz CT molecular complexity index is 1210. The Labute approximate surface area is 261 Å². The highest BCUT2D eigenvalue weighted by atomic mass is 16.5. The molecule has 0 radical (unpaired) electrons. The minimum Gasteiger partial charge on any atom is -0.462 e. The summed E-state index contributed by atoms with van der Waals surface area (Å²) in [7, 11) is 6.33. The van der Waals surface area contributed by atoms with Crippen LogP contribution in [0.1, 0.15) is 113 Å². The number of ketones is 1. The maximum absolute atomic E-state index is 14.1. The van der Waals surface area contributed by atoms with Gasteiger partial charge in [0, 0.05) is 18.8 Å². The summed E-state index contributed by atoms with van der Waals surface area (Å²) in [4.78, 5) is 39.9. The molecule has 5 rings (SSSR count). The lowest BCUT2D eigenvalue weighted by Gasteiger charge is -2.72. The van der Waals surface area contributed by atoms with Crippen molar-refractivity contribution < 1.29 is 28.3 Å². The number of hydrogen-bond acceptors (Lipinski definition) is 5. The van der Waals surface area contributed by atoms with Gasteiger partial charge in [-0.2, -0.15) is 0 Å². The lowest BCUT2D eigenvalue weighted by molar-refractivity contribution is -0.870. The van der Waals surface area contributed by atoms with Crippen molar-refractivity contribution in [2.45, 2.75) is 119 Å². The van der Waals surface area contributed by atoms with E-state index in [9.17, 15) is 14.4 Å². The molecule has 5 aliphatic carbocycles. The number of carbonyl (C=O) groups excluding carboxylic acids is 3.